The SMILES string of the molecule is Cn1c(CNc2ccc(C(=N)N)cc2)nc2cc(C(=O)N(CCC(=O)O[C@H]3C(O)O[C@H](C(=O)O)[C@@H](O)[C@@H]3O)c3ccccn3)ccc21.O=C(O)C(F)(F)F. The second-order valence-corrected chi connectivity index (χ2v) is 11.6. The highest BCUT2D eigenvalue weighted by atomic mass is 19.4. The van der Waals surface area contributed by atoms with Gasteiger partial charge in [0, 0.05) is 36.6 Å². The lowest BCUT2D eigenvalue weighted by atomic mass is 9.99. The van der Waals surface area contributed by atoms with Crippen LogP contribution in [0.1, 0.15) is 28.2 Å². The molecule has 21 heteroatoms. The summed E-state index contributed by atoms with van der Waals surface area (Å²) in [5.74, 6) is -4.90. The molecule has 1 amide bonds. The number of nitrogens with zero attached hydrogens (tertiary/aromatic N) is 4. The lowest BCUT2D eigenvalue weighted by Gasteiger charge is -2.38. The van der Waals surface area contributed by atoms with Gasteiger partial charge in [0.05, 0.1) is 24.0 Å². The van der Waals surface area contributed by atoms with E-state index in [0.29, 0.717) is 23.4 Å². The summed E-state index contributed by atoms with van der Waals surface area (Å²) in [5.41, 5.74) is 8.54. The Morgan fingerprint density at radius 3 is 2.24 bits per heavy atom. The Bertz CT molecular complexity index is 2000. The first-order chi connectivity index (χ1) is 25.4. The van der Waals surface area contributed by atoms with E-state index in [9.17, 15) is 42.9 Å². The van der Waals surface area contributed by atoms with Crippen molar-refractivity contribution in [2.24, 2.45) is 12.8 Å². The second-order valence-electron chi connectivity index (χ2n) is 11.6. The smallest absolute Gasteiger partial charge is 0.479 e. The number of carboxylic acid groups (broad SMARTS) is 2. The number of halogens is 3. The van der Waals surface area contributed by atoms with Gasteiger partial charge in [-0.15, -0.1) is 0 Å². The Morgan fingerprint density at radius 2 is 1.67 bits per heavy atom. The number of anilines is 2. The van der Waals surface area contributed by atoms with E-state index in [-0.39, 0.29) is 23.8 Å². The average molecular weight is 762 g/mol. The summed E-state index contributed by atoms with van der Waals surface area (Å²) in [7, 11) is 1.85. The number of esters is 1. The summed E-state index contributed by atoms with van der Waals surface area (Å²) in [6.45, 7) is 0.159. The van der Waals surface area contributed by atoms with Crippen molar-refractivity contribution in [3.05, 3.63) is 83.8 Å². The summed E-state index contributed by atoms with van der Waals surface area (Å²) >= 11 is 0. The van der Waals surface area contributed by atoms with Gasteiger partial charge in [0.15, 0.2) is 18.5 Å². The van der Waals surface area contributed by atoms with Gasteiger partial charge in [-0.05, 0) is 54.6 Å². The summed E-state index contributed by atoms with van der Waals surface area (Å²) in [6.07, 6.45) is -13.6. The zero-order valence-electron chi connectivity index (χ0n) is 28.0. The molecule has 9 N–H and O–H groups in total. The topological polar surface area (TPSA) is 284 Å². The number of imidazole rings is 1. The fourth-order valence-corrected chi connectivity index (χ4v) is 5.08. The maximum absolute atomic E-state index is 13.8. The number of hydrogen-bond acceptors (Lipinski definition) is 13. The number of amides is 1. The van der Waals surface area contributed by atoms with Crippen molar-refractivity contribution < 1.29 is 67.4 Å². The van der Waals surface area contributed by atoms with Crippen LogP contribution >= 0.6 is 0 Å². The van der Waals surface area contributed by atoms with Gasteiger partial charge < -0.3 is 50.6 Å². The number of nitrogen functional groups attached to an aromatic ring is 1. The average Bonchev–Trinajstić information content (AvgIpc) is 3.45. The third kappa shape index (κ3) is 9.83. The standard InChI is InChI=1S/C31H33N7O9.C2HF3O2/c1-37-20-10-7-17(14-19(20)36-22(37)15-35-18-8-5-16(6-9-18)28(32)33)29(42)38(21-4-2-3-12-34-21)13-11-23(39)46-27-25(41)24(40)26(30(43)44)47-31(27)45;3-2(4,5)1(6)7/h2-10,12,14,24-27,31,35,40-41,45H,11,13,15H2,1H3,(H3,32,33)(H,43,44);(H,6,7)/t24-,25-,26-,27+,31?;/m0./s1. The molecule has 5 atom stereocenters. The molecule has 18 nitrogen and oxygen atoms in total. The molecular weight excluding hydrogens is 727 g/mol. The van der Waals surface area contributed by atoms with Crippen LogP contribution in [0.15, 0.2) is 66.9 Å². The van der Waals surface area contributed by atoms with Crippen LogP contribution in [-0.4, -0.2) is 113 Å². The summed E-state index contributed by atoms with van der Waals surface area (Å²) in [5, 5.41) is 57.4. The number of carboxylic acids is 2. The summed E-state index contributed by atoms with van der Waals surface area (Å²) < 4.78 is 43.5. The molecule has 0 aliphatic carbocycles. The summed E-state index contributed by atoms with van der Waals surface area (Å²) in [6, 6.07) is 17.0. The van der Waals surface area contributed by atoms with Crippen molar-refractivity contribution >= 4 is 52.2 Å². The van der Waals surface area contributed by atoms with E-state index in [1.165, 1.54) is 11.1 Å². The maximum atomic E-state index is 13.8. The molecule has 0 radical (unpaired) electrons. The number of rotatable bonds is 11. The van der Waals surface area contributed by atoms with E-state index in [1.54, 1.807) is 48.5 Å². The Morgan fingerprint density at radius 1 is 1.02 bits per heavy atom. The van der Waals surface area contributed by atoms with Gasteiger partial charge in [-0.2, -0.15) is 13.2 Å². The van der Waals surface area contributed by atoms with E-state index < -0.39 is 67.1 Å². The number of aliphatic carboxylic acids is 2. The molecule has 3 heterocycles. The number of aryl methyl sites for hydroxylation is 1. The van der Waals surface area contributed by atoms with Crippen molar-refractivity contribution in [3.8, 4) is 0 Å². The van der Waals surface area contributed by atoms with Crippen LogP contribution in [0.5, 0.6) is 0 Å². The van der Waals surface area contributed by atoms with E-state index in [1.807, 2.05) is 23.7 Å². The number of nitrogens with one attached hydrogen (secondary N) is 2. The molecule has 4 aromatic rings. The first-order valence-electron chi connectivity index (χ1n) is 15.7. The number of aromatic nitrogens is 3. The van der Waals surface area contributed by atoms with Gasteiger partial charge in [-0.1, -0.05) is 6.07 Å². The number of carbonyl (C=O) groups excluding carboxylic acids is 2. The number of alkyl halides is 3. The fourth-order valence-electron chi connectivity index (χ4n) is 5.08. The van der Waals surface area contributed by atoms with E-state index in [4.69, 9.17) is 40.6 Å². The van der Waals surface area contributed by atoms with E-state index in [2.05, 4.69) is 10.3 Å². The van der Waals surface area contributed by atoms with E-state index >= 15 is 0 Å². The van der Waals surface area contributed by atoms with Gasteiger partial charge in [-0.3, -0.25) is 19.9 Å². The minimum Gasteiger partial charge on any atom is -0.479 e. The maximum Gasteiger partial charge on any atom is 0.490 e. The van der Waals surface area contributed by atoms with Gasteiger partial charge in [0.2, 0.25) is 0 Å². The Labute approximate surface area is 302 Å². The number of fused-ring (bicyclic) bond motifs is 1. The lowest BCUT2D eigenvalue weighted by Crippen LogP contribution is -2.60. The Balaban J connectivity index is 0.000000845. The molecule has 2 aromatic carbocycles. The molecule has 54 heavy (non-hydrogen) atoms. The van der Waals surface area contributed by atoms with Crippen molar-refractivity contribution in [1.29, 1.82) is 5.41 Å². The fraction of sp³-hybridized carbons (Fsp3) is 0.303. The molecule has 1 saturated heterocycles. The van der Waals surface area contributed by atoms with Crippen LogP contribution in [-0.2, 0) is 37.4 Å². The number of aliphatic hydroxyl groups is 3. The molecule has 0 bridgehead atoms. The normalized spacial score (nSPS) is 19.6. The predicted molar refractivity (Wildman–Crippen MR) is 180 cm³/mol. The Kier molecular flexibility index (Phi) is 12.9. The number of amidine groups is 1. The molecule has 1 aliphatic heterocycles. The lowest BCUT2D eigenvalue weighted by molar-refractivity contribution is -0.284. The van der Waals surface area contributed by atoms with Gasteiger partial charge >= 0.3 is 24.1 Å². The molecular formula is C33H34F3N7O11. The highest BCUT2D eigenvalue weighted by Gasteiger charge is 2.49. The zero-order chi connectivity index (χ0) is 39.9. The number of benzene rings is 2. The first-order valence-corrected chi connectivity index (χ1v) is 15.7. The monoisotopic (exact) mass is 761 g/mol. The van der Waals surface area contributed by atoms with Gasteiger partial charge in [0.1, 0.15) is 29.7 Å². The predicted octanol–water partition coefficient (Wildman–Crippen LogP) is 0.970. The third-order valence-corrected chi connectivity index (χ3v) is 7.89. The number of pyridine rings is 1. The van der Waals surface area contributed by atoms with Gasteiger partial charge in [-0.25, -0.2) is 19.6 Å². The van der Waals surface area contributed by atoms with Crippen molar-refractivity contribution in [2.45, 2.75) is 49.8 Å². The number of ether oxygens (including phenoxy) is 2. The van der Waals surface area contributed by atoms with Gasteiger partial charge in [0.25, 0.3) is 5.91 Å². The molecule has 1 fully saturated rings. The quantitative estimate of drug-likeness (QED) is 0.0601. The van der Waals surface area contributed by atoms with E-state index in [0.717, 1.165) is 11.2 Å². The minimum atomic E-state index is -5.08. The molecule has 1 aliphatic rings. The number of nitrogens with two attached hydrogens (primary N) is 1. The highest BCUT2D eigenvalue weighted by molar-refractivity contribution is 6.07. The van der Waals surface area contributed by atoms with Crippen molar-refractivity contribution in [2.75, 3.05) is 16.8 Å². The molecule has 0 spiro atoms. The first kappa shape index (κ1) is 40.6. The van der Waals surface area contributed by atoms with Crippen LogP contribution in [0, 0.1) is 5.41 Å². The Hall–Kier alpha value is -6.16. The molecule has 0 saturated carbocycles. The number of aliphatic hydroxyl groups excluding tert-OH is 3. The van der Waals surface area contributed by atoms with Crippen molar-refractivity contribution in [1.82, 2.24) is 14.5 Å². The van der Waals surface area contributed by atoms with Crippen LogP contribution in [0.3, 0.4) is 0 Å². The molecule has 2 aromatic heterocycles. The second kappa shape index (κ2) is 17.1. The van der Waals surface area contributed by atoms with Crippen LogP contribution in [0.2, 0.25) is 0 Å². The number of carbonyl (C=O) groups is 4. The molecule has 1 unspecified atom stereocenters. The van der Waals surface area contributed by atoms with Crippen molar-refractivity contribution in [3.63, 3.8) is 0 Å². The largest absolute Gasteiger partial charge is 0.490 e. The molecule has 5 rings (SSSR count). The third-order valence-electron chi connectivity index (χ3n) is 7.89. The van der Waals surface area contributed by atoms with Crippen LogP contribution in [0.4, 0.5) is 24.7 Å². The molecule has 288 valence electrons. The van der Waals surface area contributed by atoms with Crippen LogP contribution < -0.4 is 16.0 Å². The summed E-state index contributed by atoms with van der Waals surface area (Å²) in [4.78, 5) is 56.8. The number of hydrogen-bond donors (Lipinski definition) is 8. The minimum absolute atomic E-state index is 0.0222. The van der Waals surface area contributed by atoms with Crippen LogP contribution in [0.25, 0.3) is 11.0 Å². The highest BCUT2D eigenvalue weighted by Crippen LogP contribution is 2.25. The zero-order valence-corrected chi connectivity index (χ0v) is 28.0.